The fourth-order valence-corrected chi connectivity index (χ4v) is 4.95. The predicted octanol–water partition coefficient (Wildman–Crippen LogP) is 4.55. The van der Waals surface area contributed by atoms with Crippen LogP contribution in [-0.2, 0) is 9.05 Å². The van der Waals surface area contributed by atoms with E-state index in [2.05, 4.69) is 51.1 Å². The van der Waals surface area contributed by atoms with Crippen molar-refractivity contribution in [3.63, 3.8) is 0 Å². The predicted molar refractivity (Wildman–Crippen MR) is 86.7 cm³/mol. The van der Waals surface area contributed by atoms with E-state index in [9.17, 15) is 0 Å². The molecule has 0 amide bonds. The Bertz CT molecular complexity index is 317. The third-order valence-corrected chi connectivity index (χ3v) is 6.83. The Morgan fingerprint density at radius 2 is 1.37 bits per heavy atom. The van der Waals surface area contributed by atoms with Gasteiger partial charge in [-0.1, -0.05) is 0 Å². The van der Waals surface area contributed by atoms with E-state index in [1.807, 2.05) is 0 Å². The molecule has 0 radical (unpaired) electrons. The molecule has 0 spiro atoms. The molecule has 1 aromatic carbocycles. The van der Waals surface area contributed by atoms with Gasteiger partial charge in [0.25, 0.3) is 0 Å². The van der Waals surface area contributed by atoms with Crippen molar-refractivity contribution in [1.82, 2.24) is 0 Å². The summed E-state index contributed by atoms with van der Waals surface area (Å²) in [5.41, 5.74) is 0. The number of benzene rings is 1. The van der Waals surface area contributed by atoms with Gasteiger partial charge >= 0.3 is 118 Å². The van der Waals surface area contributed by atoms with E-state index in [4.69, 9.17) is 9.05 Å². The van der Waals surface area contributed by atoms with Gasteiger partial charge < -0.3 is 0 Å². The van der Waals surface area contributed by atoms with Gasteiger partial charge in [0, 0.05) is 0 Å². The fraction of sp³-hybridized carbons (Fsp3) is 0.625. The van der Waals surface area contributed by atoms with Crippen LogP contribution in [0.5, 0.6) is 0 Å². The third-order valence-electron chi connectivity index (χ3n) is 3.35. The monoisotopic (exact) mass is 284 g/mol. The van der Waals surface area contributed by atoms with E-state index in [0.29, 0.717) is 0 Å². The van der Waals surface area contributed by atoms with Crippen LogP contribution in [0, 0.1) is 0 Å². The zero-order valence-electron chi connectivity index (χ0n) is 12.7. The SMILES string of the molecule is CCCCO[PH](CC)(OCCCC)c1ccccc1. The summed E-state index contributed by atoms with van der Waals surface area (Å²) in [6, 6.07) is 10.5. The standard InChI is InChI=1S/C16H29O2P/c1-4-7-14-17-19(6-3,18-15-8-5-2)16-12-10-9-11-13-16/h9-13,19H,4-8,14-15H2,1-3H3. The second-order valence-electron chi connectivity index (χ2n) is 4.88. The van der Waals surface area contributed by atoms with Gasteiger partial charge in [-0.05, 0) is 0 Å². The minimum atomic E-state index is -2.22. The van der Waals surface area contributed by atoms with Crippen LogP contribution in [0.25, 0.3) is 0 Å². The van der Waals surface area contributed by atoms with Gasteiger partial charge in [0.2, 0.25) is 0 Å². The summed E-state index contributed by atoms with van der Waals surface area (Å²) < 4.78 is 12.5. The Labute approximate surface area is 119 Å². The topological polar surface area (TPSA) is 18.5 Å². The fourth-order valence-electron chi connectivity index (χ4n) is 2.07. The third kappa shape index (κ3) is 5.22. The molecular formula is C16H29O2P. The second kappa shape index (κ2) is 9.47. The van der Waals surface area contributed by atoms with Crippen molar-refractivity contribution in [2.24, 2.45) is 0 Å². The van der Waals surface area contributed by atoms with E-state index in [0.717, 1.165) is 45.1 Å². The average Bonchev–Trinajstić information content (AvgIpc) is 2.47. The summed E-state index contributed by atoms with van der Waals surface area (Å²) in [6.45, 7) is 8.21. The molecule has 0 fully saturated rings. The second-order valence-corrected chi connectivity index (χ2v) is 8.24. The van der Waals surface area contributed by atoms with Crippen LogP contribution >= 0.6 is 7.72 Å². The molecule has 0 atom stereocenters. The van der Waals surface area contributed by atoms with Gasteiger partial charge in [0.1, 0.15) is 0 Å². The van der Waals surface area contributed by atoms with Crippen molar-refractivity contribution in [3.8, 4) is 0 Å². The van der Waals surface area contributed by atoms with E-state index < -0.39 is 7.72 Å². The molecule has 0 aromatic heterocycles. The van der Waals surface area contributed by atoms with Crippen molar-refractivity contribution < 1.29 is 9.05 Å². The number of rotatable bonds is 10. The molecule has 0 aliphatic heterocycles. The molecule has 19 heavy (non-hydrogen) atoms. The van der Waals surface area contributed by atoms with Crippen LogP contribution in [0.15, 0.2) is 30.3 Å². The summed E-state index contributed by atoms with van der Waals surface area (Å²) in [5.74, 6) is 0. The Kier molecular flexibility index (Phi) is 8.29. The first-order valence-corrected chi connectivity index (χ1v) is 9.64. The number of hydrogen-bond acceptors (Lipinski definition) is 2. The number of unbranched alkanes of at least 4 members (excludes halogenated alkanes) is 2. The molecule has 110 valence electrons. The van der Waals surface area contributed by atoms with E-state index in [1.54, 1.807) is 0 Å². The van der Waals surface area contributed by atoms with Crippen LogP contribution in [-0.4, -0.2) is 19.4 Å². The number of hydrogen-bond donors (Lipinski definition) is 0. The van der Waals surface area contributed by atoms with Crippen molar-refractivity contribution in [1.29, 1.82) is 0 Å². The molecule has 2 nitrogen and oxygen atoms in total. The molecule has 0 saturated carbocycles. The Balaban J connectivity index is 2.79. The van der Waals surface area contributed by atoms with Gasteiger partial charge in [-0.3, -0.25) is 0 Å². The first-order chi connectivity index (χ1) is 9.29. The molecule has 0 aliphatic rings. The summed E-state index contributed by atoms with van der Waals surface area (Å²) in [7, 11) is -2.22. The van der Waals surface area contributed by atoms with Gasteiger partial charge in [-0.2, -0.15) is 0 Å². The van der Waals surface area contributed by atoms with Gasteiger partial charge in [0.15, 0.2) is 0 Å². The Morgan fingerprint density at radius 3 is 1.79 bits per heavy atom. The van der Waals surface area contributed by atoms with Gasteiger partial charge in [-0.25, -0.2) is 0 Å². The zero-order valence-corrected chi connectivity index (χ0v) is 13.7. The van der Waals surface area contributed by atoms with Crippen LogP contribution in [0.2, 0.25) is 0 Å². The van der Waals surface area contributed by atoms with Crippen LogP contribution in [0.4, 0.5) is 0 Å². The van der Waals surface area contributed by atoms with Crippen LogP contribution < -0.4 is 5.30 Å². The quantitative estimate of drug-likeness (QED) is 0.464. The first-order valence-electron chi connectivity index (χ1n) is 7.62. The molecule has 1 rings (SSSR count). The maximum absolute atomic E-state index is 6.27. The van der Waals surface area contributed by atoms with Crippen molar-refractivity contribution in [3.05, 3.63) is 30.3 Å². The van der Waals surface area contributed by atoms with Gasteiger partial charge in [0.05, 0.1) is 0 Å². The molecule has 0 N–H and O–H groups in total. The summed E-state index contributed by atoms with van der Waals surface area (Å²) in [4.78, 5) is 0. The molecular weight excluding hydrogens is 255 g/mol. The summed E-state index contributed by atoms with van der Waals surface area (Å²) in [6.07, 6.45) is 5.53. The maximum atomic E-state index is 6.27. The Morgan fingerprint density at radius 1 is 0.842 bits per heavy atom. The van der Waals surface area contributed by atoms with Crippen LogP contribution in [0.1, 0.15) is 46.5 Å². The van der Waals surface area contributed by atoms with E-state index >= 15 is 0 Å². The van der Waals surface area contributed by atoms with Crippen molar-refractivity contribution >= 4 is 13.0 Å². The minimum absolute atomic E-state index is 0.817. The van der Waals surface area contributed by atoms with Crippen molar-refractivity contribution in [2.75, 3.05) is 19.4 Å². The summed E-state index contributed by atoms with van der Waals surface area (Å²) in [5, 5.41) is 1.27. The van der Waals surface area contributed by atoms with Crippen molar-refractivity contribution in [2.45, 2.75) is 46.5 Å². The van der Waals surface area contributed by atoms with Crippen LogP contribution in [0.3, 0.4) is 0 Å². The molecule has 1 aromatic rings. The molecule has 0 bridgehead atoms. The normalized spacial score (nSPS) is 12.6. The molecule has 0 unspecified atom stereocenters. The first kappa shape index (κ1) is 16.6. The Hall–Kier alpha value is -0.430. The molecule has 0 saturated heterocycles. The molecule has 0 aliphatic carbocycles. The average molecular weight is 284 g/mol. The molecule has 3 heteroatoms. The zero-order chi connectivity index (χ0) is 14.0. The molecule has 0 heterocycles. The van der Waals surface area contributed by atoms with E-state index in [1.165, 1.54) is 5.30 Å². The van der Waals surface area contributed by atoms with Gasteiger partial charge in [-0.15, -0.1) is 0 Å². The summed E-state index contributed by atoms with van der Waals surface area (Å²) >= 11 is 0. The van der Waals surface area contributed by atoms with E-state index in [-0.39, 0.29) is 0 Å².